The smallest absolute Gasteiger partial charge is 0.326 e. The largest absolute Gasteiger partial charge is 0.497 e. The van der Waals surface area contributed by atoms with E-state index in [0.717, 1.165) is 11.3 Å². The second-order valence-corrected chi connectivity index (χ2v) is 11.9. The highest BCUT2D eigenvalue weighted by atomic mass is 16.5. The number of hydrogen-bond donors (Lipinski definition) is 5. The van der Waals surface area contributed by atoms with Gasteiger partial charge in [0.1, 0.15) is 29.9 Å². The van der Waals surface area contributed by atoms with Gasteiger partial charge in [-0.15, -0.1) is 0 Å². The summed E-state index contributed by atoms with van der Waals surface area (Å²) in [5.74, 6) is -2.84. The van der Waals surface area contributed by atoms with Crippen LogP contribution in [0, 0.1) is 11.8 Å². The number of carboxylic acids is 1. The molecule has 0 aliphatic carbocycles. The van der Waals surface area contributed by atoms with Crippen molar-refractivity contribution >= 4 is 29.6 Å². The molecule has 2 heterocycles. The SMILES string of the molecule is CC[C@H](C)[C@H](NC(=O)[C@@H]1CCCN1C(=O)[C@H](Cc1cnc[nH]1)NC(=O)[C@@H](NC(=O)CCc1ccc(OC)cc1)C(C)C)C(=O)O. The van der Waals surface area contributed by atoms with Crippen LogP contribution in [0.2, 0.25) is 0 Å². The molecule has 0 bridgehead atoms. The Morgan fingerprint density at radius 1 is 1.07 bits per heavy atom. The van der Waals surface area contributed by atoms with Crippen LogP contribution in [0.5, 0.6) is 5.75 Å². The molecular weight excluding hydrogens is 580 g/mol. The number of ether oxygens (including phenoxy) is 1. The molecule has 1 aliphatic heterocycles. The summed E-state index contributed by atoms with van der Waals surface area (Å²) in [4.78, 5) is 73.8. The summed E-state index contributed by atoms with van der Waals surface area (Å²) in [5, 5.41) is 17.9. The summed E-state index contributed by atoms with van der Waals surface area (Å²) < 4.78 is 5.17. The summed E-state index contributed by atoms with van der Waals surface area (Å²) in [6.45, 7) is 7.47. The van der Waals surface area contributed by atoms with Crippen LogP contribution in [0.4, 0.5) is 0 Å². The van der Waals surface area contributed by atoms with Gasteiger partial charge >= 0.3 is 5.97 Å². The highest BCUT2D eigenvalue weighted by Gasteiger charge is 2.40. The lowest BCUT2D eigenvalue weighted by Crippen LogP contribution is -2.59. The van der Waals surface area contributed by atoms with E-state index in [9.17, 15) is 29.1 Å². The van der Waals surface area contributed by atoms with Crippen LogP contribution in [0.15, 0.2) is 36.8 Å². The maximum Gasteiger partial charge on any atom is 0.326 e. The second kappa shape index (κ2) is 16.6. The van der Waals surface area contributed by atoms with Crippen molar-refractivity contribution in [3.05, 3.63) is 48.0 Å². The highest BCUT2D eigenvalue weighted by molar-refractivity contribution is 5.95. The third kappa shape index (κ3) is 9.79. The predicted octanol–water partition coefficient (Wildman–Crippen LogP) is 1.83. The number of aromatic nitrogens is 2. The number of nitrogens with one attached hydrogen (secondary N) is 4. The molecule has 4 amide bonds. The Kier molecular flexibility index (Phi) is 12.9. The summed E-state index contributed by atoms with van der Waals surface area (Å²) in [6, 6.07) is 3.47. The molecule has 3 rings (SSSR count). The number of likely N-dealkylation sites (tertiary alicyclic amines) is 1. The first-order valence-corrected chi connectivity index (χ1v) is 15.5. The quantitative estimate of drug-likeness (QED) is 0.187. The highest BCUT2D eigenvalue weighted by Crippen LogP contribution is 2.21. The zero-order chi connectivity index (χ0) is 33.1. The number of methoxy groups -OCH3 is 1. The van der Waals surface area contributed by atoms with E-state index in [2.05, 4.69) is 25.9 Å². The monoisotopic (exact) mass is 626 g/mol. The summed E-state index contributed by atoms with van der Waals surface area (Å²) in [6.07, 6.45) is 5.20. The van der Waals surface area contributed by atoms with Crippen LogP contribution >= 0.6 is 0 Å². The molecule has 1 aliphatic rings. The van der Waals surface area contributed by atoms with E-state index in [4.69, 9.17) is 4.74 Å². The fraction of sp³-hybridized carbons (Fsp3) is 0.562. The maximum absolute atomic E-state index is 13.9. The number of aromatic amines is 1. The molecular formula is C32H46N6O7. The van der Waals surface area contributed by atoms with Crippen LogP contribution in [0.25, 0.3) is 0 Å². The van der Waals surface area contributed by atoms with Gasteiger partial charge in [0.15, 0.2) is 0 Å². The molecule has 13 nitrogen and oxygen atoms in total. The standard InChI is InChI=1S/C32H46N6O7/c1-6-20(4)28(32(43)44)37-29(40)25-8-7-15-38(25)31(42)24(16-22-17-33-18-34-22)35-30(41)27(19(2)3)36-26(39)14-11-21-9-12-23(45-5)13-10-21/h9-10,12-13,17-20,24-25,27-28H,6-8,11,14-16H2,1-5H3,(H,33,34)(H,35,41)(H,36,39)(H,37,40)(H,43,44)/t20-,24-,25-,27-,28-/m0/s1. The Labute approximate surface area is 263 Å². The fourth-order valence-corrected chi connectivity index (χ4v) is 5.34. The number of carboxylic acid groups (broad SMARTS) is 1. The third-order valence-corrected chi connectivity index (χ3v) is 8.27. The number of nitrogens with zero attached hydrogens (tertiary/aromatic N) is 2. The van der Waals surface area contributed by atoms with Crippen LogP contribution in [-0.4, -0.2) is 87.4 Å². The lowest BCUT2D eigenvalue weighted by Gasteiger charge is -2.31. The van der Waals surface area contributed by atoms with Gasteiger partial charge in [0.2, 0.25) is 23.6 Å². The van der Waals surface area contributed by atoms with Gasteiger partial charge < -0.3 is 35.7 Å². The van der Waals surface area contributed by atoms with Crippen molar-refractivity contribution < 1.29 is 33.8 Å². The number of benzene rings is 1. The van der Waals surface area contributed by atoms with E-state index in [0.29, 0.717) is 31.4 Å². The molecule has 2 aromatic rings. The van der Waals surface area contributed by atoms with Gasteiger partial charge in [-0.3, -0.25) is 19.2 Å². The second-order valence-electron chi connectivity index (χ2n) is 11.9. The number of carbonyl (C=O) groups excluding carboxylic acids is 4. The van der Waals surface area contributed by atoms with Gasteiger partial charge in [-0.2, -0.15) is 0 Å². The lowest BCUT2D eigenvalue weighted by atomic mass is 9.98. The summed E-state index contributed by atoms with van der Waals surface area (Å²) >= 11 is 0. The average Bonchev–Trinajstić information content (AvgIpc) is 3.73. The Hall–Kier alpha value is -4.42. The van der Waals surface area contributed by atoms with Crippen molar-refractivity contribution in [3.63, 3.8) is 0 Å². The van der Waals surface area contributed by atoms with Crippen LogP contribution in [0.3, 0.4) is 0 Å². The number of hydrogen-bond acceptors (Lipinski definition) is 7. The van der Waals surface area contributed by atoms with Crippen molar-refractivity contribution in [2.45, 2.75) is 90.4 Å². The minimum absolute atomic E-state index is 0.0796. The first-order valence-electron chi connectivity index (χ1n) is 15.5. The van der Waals surface area contributed by atoms with Crippen LogP contribution < -0.4 is 20.7 Å². The maximum atomic E-state index is 13.9. The van der Waals surface area contributed by atoms with E-state index < -0.39 is 47.9 Å². The lowest BCUT2D eigenvalue weighted by molar-refractivity contribution is -0.146. The zero-order valence-electron chi connectivity index (χ0n) is 26.7. The van der Waals surface area contributed by atoms with E-state index in [-0.39, 0.29) is 37.1 Å². The molecule has 0 saturated carbocycles. The predicted molar refractivity (Wildman–Crippen MR) is 166 cm³/mol. The molecule has 45 heavy (non-hydrogen) atoms. The van der Waals surface area contributed by atoms with E-state index in [1.54, 1.807) is 34.1 Å². The number of amides is 4. The topological polar surface area (TPSA) is 183 Å². The van der Waals surface area contributed by atoms with Crippen molar-refractivity contribution in [1.29, 1.82) is 0 Å². The van der Waals surface area contributed by atoms with Gasteiger partial charge in [0.25, 0.3) is 0 Å². The molecule has 1 aromatic heterocycles. The molecule has 0 unspecified atom stereocenters. The number of rotatable bonds is 16. The normalized spacial score (nSPS) is 17.2. The molecule has 5 atom stereocenters. The molecule has 1 fully saturated rings. The Bertz CT molecular complexity index is 1300. The Morgan fingerprint density at radius 3 is 2.36 bits per heavy atom. The fourth-order valence-electron chi connectivity index (χ4n) is 5.34. The zero-order valence-corrected chi connectivity index (χ0v) is 26.7. The number of H-pyrrole nitrogens is 1. The van der Waals surface area contributed by atoms with E-state index >= 15 is 0 Å². The first kappa shape index (κ1) is 35.1. The van der Waals surface area contributed by atoms with E-state index in [1.807, 2.05) is 31.2 Å². The van der Waals surface area contributed by atoms with Crippen LogP contribution in [0.1, 0.15) is 64.6 Å². The minimum Gasteiger partial charge on any atom is -0.497 e. The summed E-state index contributed by atoms with van der Waals surface area (Å²) in [7, 11) is 1.58. The minimum atomic E-state index is -1.14. The molecule has 1 aromatic carbocycles. The molecule has 1 saturated heterocycles. The van der Waals surface area contributed by atoms with Crippen LogP contribution in [-0.2, 0) is 36.8 Å². The summed E-state index contributed by atoms with van der Waals surface area (Å²) in [5.41, 5.74) is 1.55. The molecule has 0 radical (unpaired) electrons. The van der Waals surface area contributed by atoms with Crippen molar-refractivity contribution in [3.8, 4) is 5.75 Å². The third-order valence-electron chi connectivity index (χ3n) is 8.27. The number of aryl methyl sites for hydroxylation is 1. The van der Waals surface area contributed by atoms with Crippen molar-refractivity contribution in [2.24, 2.45) is 11.8 Å². The van der Waals surface area contributed by atoms with Gasteiger partial charge in [-0.1, -0.05) is 46.2 Å². The molecule has 5 N–H and O–H groups in total. The van der Waals surface area contributed by atoms with Crippen molar-refractivity contribution in [1.82, 2.24) is 30.8 Å². The van der Waals surface area contributed by atoms with Gasteiger partial charge in [0, 0.05) is 31.3 Å². The van der Waals surface area contributed by atoms with Crippen molar-refractivity contribution in [2.75, 3.05) is 13.7 Å². The van der Waals surface area contributed by atoms with Gasteiger partial charge in [-0.05, 0) is 48.8 Å². The Balaban J connectivity index is 1.72. The molecule has 246 valence electrons. The number of carbonyl (C=O) groups is 5. The molecule has 0 spiro atoms. The Morgan fingerprint density at radius 2 is 1.78 bits per heavy atom. The van der Waals surface area contributed by atoms with Gasteiger partial charge in [0.05, 0.1) is 13.4 Å². The first-order chi connectivity index (χ1) is 21.4. The van der Waals surface area contributed by atoms with E-state index in [1.165, 1.54) is 11.2 Å². The number of imidazole rings is 1. The molecule has 13 heteroatoms. The van der Waals surface area contributed by atoms with Gasteiger partial charge in [-0.25, -0.2) is 9.78 Å². The number of aliphatic carboxylic acids is 1. The average molecular weight is 627 g/mol.